The number of likely N-dealkylation sites (N-methyl/N-ethyl adjacent to an activating group) is 1. The van der Waals surface area contributed by atoms with Gasteiger partial charge < -0.3 is 10.1 Å². The van der Waals surface area contributed by atoms with Gasteiger partial charge in [-0.05, 0) is 32.0 Å². The van der Waals surface area contributed by atoms with Gasteiger partial charge in [0.05, 0.1) is 6.61 Å². The standard InChI is InChI=1S/C13H22N2OS/c1-15(7-8-16-2)10-13-6-5-12(17-13)9-14-11-3-4-11/h5-6,11,14H,3-4,7-10H2,1-2H3. The quantitative estimate of drug-likeness (QED) is 0.769. The van der Waals surface area contributed by atoms with Crippen molar-refractivity contribution in [3.8, 4) is 0 Å². The van der Waals surface area contributed by atoms with Crippen molar-refractivity contribution in [3.63, 3.8) is 0 Å². The van der Waals surface area contributed by atoms with E-state index >= 15 is 0 Å². The Morgan fingerprint density at radius 1 is 1.41 bits per heavy atom. The minimum absolute atomic E-state index is 0.796. The summed E-state index contributed by atoms with van der Waals surface area (Å²) in [6, 6.07) is 5.29. The van der Waals surface area contributed by atoms with Crippen molar-refractivity contribution < 1.29 is 4.74 Å². The van der Waals surface area contributed by atoms with Gasteiger partial charge in [0.15, 0.2) is 0 Å². The van der Waals surface area contributed by atoms with Crippen molar-refractivity contribution in [2.75, 3.05) is 27.3 Å². The van der Waals surface area contributed by atoms with E-state index in [1.54, 1.807) is 7.11 Å². The van der Waals surface area contributed by atoms with Gasteiger partial charge in [0.25, 0.3) is 0 Å². The Morgan fingerprint density at radius 3 is 2.88 bits per heavy atom. The first kappa shape index (κ1) is 13.0. The summed E-state index contributed by atoms with van der Waals surface area (Å²) in [5, 5.41) is 3.55. The molecule has 0 bridgehead atoms. The molecule has 1 heterocycles. The van der Waals surface area contributed by atoms with Crippen molar-refractivity contribution in [2.45, 2.75) is 32.0 Å². The van der Waals surface area contributed by atoms with Crippen molar-refractivity contribution in [2.24, 2.45) is 0 Å². The highest BCUT2D eigenvalue weighted by molar-refractivity contribution is 7.11. The fraction of sp³-hybridized carbons (Fsp3) is 0.692. The molecule has 0 unspecified atom stereocenters. The number of hydrogen-bond acceptors (Lipinski definition) is 4. The summed E-state index contributed by atoms with van der Waals surface area (Å²) in [5.41, 5.74) is 0. The van der Waals surface area contributed by atoms with Crippen LogP contribution in [-0.2, 0) is 17.8 Å². The molecule has 1 saturated carbocycles. The monoisotopic (exact) mass is 254 g/mol. The fourth-order valence-corrected chi connectivity index (χ4v) is 2.78. The van der Waals surface area contributed by atoms with E-state index in [1.807, 2.05) is 11.3 Å². The Labute approximate surface area is 108 Å². The second-order valence-electron chi connectivity index (χ2n) is 4.75. The first-order valence-electron chi connectivity index (χ1n) is 6.26. The Balaban J connectivity index is 1.72. The molecule has 1 aromatic heterocycles. The minimum atomic E-state index is 0.796. The van der Waals surface area contributed by atoms with Gasteiger partial charge in [-0.1, -0.05) is 0 Å². The number of hydrogen-bond donors (Lipinski definition) is 1. The molecule has 96 valence electrons. The molecule has 1 fully saturated rings. The van der Waals surface area contributed by atoms with Crippen LogP contribution in [0, 0.1) is 0 Å². The van der Waals surface area contributed by atoms with Gasteiger partial charge >= 0.3 is 0 Å². The van der Waals surface area contributed by atoms with Crippen LogP contribution in [-0.4, -0.2) is 38.3 Å². The first-order chi connectivity index (χ1) is 8.28. The molecule has 1 aliphatic carbocycles. The number of thiophene rings is 1. The van der Waals surface area contributed by atoms with E-state index in [9.17, 15) is 0 Å². The summed E-state index contributed by atoms with van der Waals surface area (Å²) < 4.78 is 5.08. The highest BCUT2D eigenvalue weighted by Gasteiger charge is 2.20. The van der Waals surface area contributed by atoms with E-state index in [0.29, 0.717) is 0 Å². The maximum atomic E-state index is 5.08. The Hall–Kier alpha value is -0.420. The third kappa shape index (κ3) is 4.76. The molecule has 17 heavy (non-hydrogen) atoms. The van der Waals surface area contributed by atoms with Gasteiger partial charge in [0, 0.05) is 42.5 Å². The van der Waals surface area contributed by atoms with Gasteiger partial charge in [-0.15, -0.1) is 11.3 Å². The SMILES string of the molecule is COCCN(C)Cc1ccc(CNC2CC2)s1. The molecule has 0 amide bonds. The average molecular weight is 254 g/mol. The van der Waals surface area contributed by atoms with Crippen LogP contribution in [0.15, 0.2) is 12.1 Å². The van der Waals surface area contributed by atoms with Crippen LogP contribution in [0.25, 0.3) is 0 Å². The van der Waals surface area contributed by atoms with Gasteiger partial charge in [0.1, 0.15) is 0 Å². The molecule has 0 radical (unpaired) electrons. The zero-order valence-electron chi connectivity index (χ0n) is 10.7. The van der Waals surface area contributed by atoms with E-state index in [0.717, 1.165) is 32.3 Å². The summed E-state index contributed by atoms with van der Waals surface area (Å²) in [5.74, 6) is 0. The molecule has 1 aliphatic rings. The van der Waals surface area contributed by atoms with E-state index < -0.39 is 0 Å². The molecule has 3 nitrogen and oxygen atoms in total. The predicted octanol–water partition coefficient (Wildman–Crippen LogP) is 2.08. The summed E-state index contributed by atoms with van der Waals surface area (Å²) in [6.45, 7) is 3.86. The van der Waals surface area contributed by atoms with Crippen LogP contribution in [0.3, 0.4) is 0 Å². The highest BCUT2D eigenvalue weighted by Crippen LogP contribution is 2.22. The molecule has 0 aliphatic heterocycles. The maximum absolute atomic E-state index is 5.08. The first-order valence-corrected chi connectivity index (χ1v) is 7.08. The molecular formula is C13H22N2OS. The lowest BCUT2D eigenvalue weighted by Gasteiger charge is -2.14. The molecule has 4 heteroatoms. The molecule has 0 saturated heterocycles. The van der Waals surface area contributed by atoms with Crippen LogP contribution in [0.1, 0.15) is 22.6 Å². The second-order valence-corrected chi connectivity index (χ2v) is 6.01. The zero-order chi connectivity index (χ0) is 12.1. The van der Waals surface area contributed by atoms with E-state index in [1.165, 1.54) is 22.6 Å². The highest BCUT2D eigenvalue weighted by atomic mass is 32.1. The summed E-state index contributed by atoms with van der Waals surface area (Å²) in [7, 11) is 3.89. The van der Waals surface area contributed by atoms with Crippen LogP contribution in [0.5, 0.6) is 0 Å². The molecule has 1 aromatic rings. The van der Waals surface area contributed by atoms with E-state index in [2.05, 4.69) is 29.4 Å². The number of nitrogens with one attached hydrogen (secondary N) is 1. The number of methoxy groups -OCH3 is 1. The van der Waals surface area contributed by atoms with Gasteiger partial charge in [-0.3, -0.25) is 4.90 Å². The van der Waals surface area contributed by atoms with Crippen LogP contribution < -0.4 is 5.32 Å². The normalized spacial score (nSPS) is 15.7. The maximum Gasteiger partial charge on any atom is 0.0589 e. The van der Waals surface area contributed by atoms with E-state index in [4.69, 9.17) is 4.74 Å². The van der Waals surface area contributed by atoms with Gasteiger partial charge in [-0.25, -0.2) is 0 Å². The van der Waals surface area contributed by atoms with Crippen molar-refractivity contribution in [3.05, 3.63) is 21.9 Å². The van der Waals surface area contributed by atoms with Crippen molar-refractivity contribution in [1.82, 2.24) is 10.2 Å². The lowest BCUT2D eigenvalue weighted by Crippen LogP contribution is -2.21. The number of rotatable bonds is 8. The molecular weight excluding hydrogens is 232 g/mol. The van der Waals surface area contributed by atoms with Gasteiger partial charge in [0.2, 0.25) is 0 Å². The molecule has 0 spiro atoms. The summed E-state index contributed by atoms with van der Waals surface area (Å²) in [6.07, 6.45) is 2.72. The predicted molar refractivity (Wildman–Crippen MR) is 72.4 cm³/mol. The number of nitrogens with zero attached hydrogens (tertiary/aromatic N) is 1. The third-order valence-corrected chi connectivity index (χ3v) is 4.03. The van der Waals surface area contributed by atoms with Crippen LogP contribution >= 0.6 is 11.3 Å². The smallest absolute Gasteiger partial charge is 0.0589 e. The van der Waals surface area contributed by atoms with Gasteiger partial charge in [-0.2, -0.15) is 0 Å². The largest absolute Gasteiger partial charge is 0.383 e. The average Bonchev–Trinajstić information content (AvgIpc) is 3.05. The van der Waals surface area contributed by atoms with Crippen LogP contribution in [0.2, 0.25) is 0 Å². The molecule has 1 N–H and O–H groups in total. The Bertz CT molecular complexity index is 336. The second kappa shape index (κ2) is 6.50. The van der Waals surface area contributed by atoms with Crippen molar-refractivity contribution >= 4 is 11.3 Å². The number of ether oxygens (including phenoxy) is 1. The van der Waals surface area contributed by atoms with E-state index in [-0.39, 0.29) is 0 Å². The summed E-state index contributed by atoms with van der Waals surface area (Å²) >= 11 is 1.92. The molecule has 0 aromatic carbocycles. The fourth-order valence-electron chi connectivity index (χ4n) is 1.73. The summed E-state index contributed by atoms with van der Waals surface area (Å²) in [4.78, 5) is 5.19. The third-order valence-electron chi connectivity index (χ3n) is 2.96. The van der Waals surface area contributed by atoms with Crippen LogP contribution in [0.4, 0.5) is 0 Å². The zero-order valence-corrected chi connectivity index (χ0v) is 11.6. The lowest BCUT2D eigenvalue weighted by molar-refractivity contribution is 0.159. The topological polar surface area (TPSA) is 24.5 Å². The van der Waals surface area contributed by atoms with Crippen molar-refractivity contribution in [1.29, 1.82) is 0 Å². The lowest BCUT2D eigenvalue weighted by atomic mass is 10.4. The Kier molecular flexibility index (Phi) is 4.98. The Morgan fingerprint density at radius 2 is 2.18 bits per heavy atom. The molecule has 2 rings (SSSR count). The minimum Gasteiger partial charge on any atom is -0.383 e. The molecule has 0 atom stereocenters.